The molecule has 0 unspecified atom stereocenters. The molecule has 0 fully saturated rings. The Kier molecular flexibility index (Phi) is 9.92. The van der Waals surface area contributed by atoms with Gasteiger partial charge in [-0.25, -0.2) is 0 Å². The predicted octanol–water partition coefficient (Wildman–Crippen LogP) is 16.5. The Morgan fingerprint density at radius 3 is 1.14 bits per heavy atom. The highest BCUT2D eigenvalue weighted by Gasteiger charge is 2.46. The van der Waals surface area contributed by atoms with Crippen molar-refractivity contribution in [3.05, 3.63) is 295 Å². The molecule has 0 saturated carbocycles. The van der Waals surface area contributed by atoms with Gasteiger partial charge in [-0.1, -0.05) is 188 Å². The molecule has 0 radical (unpaired) electrons. The average molecular weight is 824 g/mol. The van der Waals surface area contributed by atoms with Crippen LogP contribution in [0.4, 0.5) is 17.1 Å². The Balaban J connectivity index is 1.00. The molecule has 0 aromatic heterocycles. The number of nitrogens with zero attached hydrogens (tertiary/aromatic N) is 1. The second kappa shape index (κ2) is 16.3. The zero-order valence-electron chi connectivity index (χ0n) is 34.8. The first-order chi connectivity index (χ1) is 31.3. The molecule has 0 aliphatic heterocycles. The zero-order chi connectivity index (χ0) is 42.1. The molecule has 0 amide bonds. The van der Waals surface area contributed by atoms with E-state index >= 15 is 0 Å². The van der Waals surface area contributed by atoms with E-state index in [1.807, 2.05) is 0 Å². The Morgan fingerprint density at radius 1 is 0.270 bits per heavy atom. The smallest absolute Gasteiger partial charge is 0.0713 e. The molecule has 0 bridgehead atoms. The maximum atomic E-state index is 2.40. The van der Waals surface area contributed by atoms with Gasteiger partial charge in [0.15, 0.2) is 0 Å². The summed E-state index contributed by atoms with van der Waals surface area (Å²) in [6, 6.07) is 100. The van der Waals surface area contributed by atoms with Crippen LogP contribution in [0.5, 0.6) is 0 Å². The molecule has 0 atom stereocenters. The van der Waals surface area contributed by atoms with E-state index in [-0.39, 0.29) is 0 Å². The van der Waals surface area contributed by atoms with Crippen LogP contribution in [0.2, 0.25) is 0 Å². The molecule has 10 aromatic rings. The van der Waals surface area contributed by atoms with Crippen molar-refractivity contribution in [1.29, 1.82) is 0 Å². The molecule has 11 rings (SSSR count). The summed E-state index contributed by atoms with van der Waals surface area (Å²) in [5, 5.41) is 0. The first kappa shape index (κ1) is 38.3. The van der Waals surface area contributed by atoms with Crippen LogP contribution in [0.15, 0.2) is 293 Å². The lowest BCUT2D eigenvalue weighted by molar-refractivity contribution is 0.768. The van der Waals surface area contributed by atoms with Gasteiger partial charge in [0.2, 0.25) is 0 Å². The molecule has 1 nitrogen and oxygen atoms in total. The summed E-state index contributed by atoms with van der Waals surface area (Å²) in [5.41, 5.74) is 12.9. The minimum atomic E-state index is -1.76. The van der Waals surface area contributed by atoms with Gasteiger partial charge in [-0.15, -0.1) is 10.0 Å². The lowest BCUT2D eigenvalue weighted by Crippen LogP contribution is -2.28. The van der Waals surface area contributed by atoms with Crippen LogP contribution in [-0.4, -0.2) is 0 Å². The van der Waals surface area contributed by atoms with Crippen LogP contribution in [0.1, 0.15) is 22.3 Å². The minimum absolute atomic E-state index is 0.438. The Morgan fingerprint density at radius 2 is 0.635 bits per heavy atom. The molecule has 63 heavy (non-hydrogen) atoms. The van der Waals surface area contributed by atoms with E-state index in [9.17, 15) is 0 Å². The third-order valence-corrected chi connectivity index (χ3v) is 16.6. The first-order valence-corrected chi connectivity index (χ1v) is 23.3. The van der Waals surface area contributed by atoms with Crippen molar-refractivity contribution in [3.63, 3.8) is 0 Å². The second-order valence-electron chi connectivity index (χ2n) is 16.1. The van der Waals surface area contributed by atoms with E-state index in [4.69, 9.17) is 0 Å². The fourth-order valence-electron chi connectivity index (χ4n) is 9.95. The van der Waals surface area contributed by atoms with Crippen molar-refractivity contribution >= 4 is 27.1 Å². The van der Waals surface area contributed by atoms with E-state index in [0.29, 0.717) is 0 Å². The summed E-state index contributed by atoms with van der Waals surface area (Å²) < 4.78 is 0. The maximum absolute atomic E-state index is 2.40. The Bertz CT molecular complexity index is 2980. The molecule has 1 aliphatic rings. The number of rotatable bonds is 10. The molecule has 2 heteroatoms. The average Bonchev–Trinajstić information content (AvgIpc) is 3.67. The van der Waals surface area contributed by atoms with E-state index in [1.54, 1.807) is 0 Å². The van der Waals surface area contributed by atoms with E-state index in [2.05, 4.69) is 278 Å². The maximum Gasteiger partial charge on any atom is 0.0713 e. The fraction of sp³-hybridized carbons (Fsp3) is 0.0164. The molecule has 300 valence electrons. The molecular formula is C61H45NS. The third kappa shape index (κ3) is 6.42. The van der Waals surface area contributed by atoms with Crippen molar-refractivity contribution in [2.24, 2.45) is 0 Å². The SMILES string of the molecule is c1ccc(N(c2ccc(-c3ccc(S(c4ccccc4)(c4ccccc4)c4ccccc4)cc3)cc2)c2ccc3c(c2)-c2ccccc2C3(c2ccccc2)c2ccccc2)cc1. The van der Waals surface area contributed by atoms with Crippen molar-refractivity contribution in [2.45, 2.75) is 25.0 Å². The molecule has 0 spiro atoms. The number of fused-ring (bicyclic) bond motifs is 3. The van der Waals surface area contributed by atoms with Gasteiger partial charge in [0.1, 0.15) is 0 Å². The van der Waals surface area contributed by atoms with Crippen LogP contribution in [0.3, 0.4) is 0 Å². The normalized spacial score (nSPS) is 12.8. The topological polar surface area (TPSA) is 3.24 Å². The van der Waals surface area contributed by atoms with Gasteiger partial charge in [0.05, 0.1) is 5.41 Å². The predicted molar refractivity (Wildman–Crippen MR) is 264 cm³/mol. The highest BCUT2D eigenvalue weighted by Crippen LogP contribution is 2.73. The summed E-state index contributed by atoms with van der Waals surface area (Å²) >= 11 is 0. The quantitative estimate of drug-likeness (QED) is 0.133. The monoisotopic (exact) mass is 823 g/mol. The minimum Gasteiger partial charge on any atom is -0.310 e. The fourth-order valence-corrected chi connectivity index (χ4v) is 13.8. The molecule has 0 saturated heterocycles. The second-order valence-corrected chi connectivity index (χ2v) is 19.2. The standard InChI is InChI=1S/C61H45NS/c1-7-21-48(22-8-1)61(49-23-9-2-10-24-49)59-34-20-19-33-57(59)58-45-52(41-44-60(58)61)62(50-25-11-3-12-26-50)51-39-35-46(36-40-51)47-37-42-56(43-38-47)63(53-27-13-4-14-28-53,54-29-15-5-16-30-54)55-31-17-6-18-32-55/h1-45H. The van der Waals surface area contributed by atoms with E-state index < -0.39 is 15.4 Å². The molecule has 1 aliphatic carbocycles. The van der Waals surface area contributed by atoms with Gasteiger partial charge in [-0.2, -0.15) is 0 Å². The van der Waals surface area contributed by atoms with Crippen molar-refractivity contribution in [2.75, 3.05) is 4.90 Å². The molecule has 0 heterocycles. The molecule has 10 aromatic carbocycles. The van der Waals surface area contributed by atoms with Gasteiger partial charge in [-0.05, 0) is 129 Å². The zero-order valence-corrected chi connectivity index (χ0v) is 35.7. The lowest BCUT2D eigenvalue weighted by atomic mass is 9.68. The lowest BCUT2D eigenvalue weighted by Gasteiger charge is -2.42. The highest BCUT2D eigenvalue weighted by molar-refractivity contribution is 8.34. The highest BCUT2D eigenvalue weighted by atomic mass is 32.3. The summed E-state index contributed by atoms with van der Waals surface area (Å²) in [4.78, 5) is 7.66. The van der Waals surface area contributed by atoms with Gasteiger partial charge in [-0.3, -0.25) is 0 Å². The largest absolute Gasteiger partial charge is 0.310 e. The summed E-state index contributed by atoms with van der Waals surface area (Å²) in [6.45, 7) is 0. The van der Waals surface area contributed by atoms with Crippen LogP contribution in [0.25, 0.3) is 22.3 Å². The number of hydrogen-bond donors (Lipinski definition) is 0. The molecule has 0 N–H and O–H groups in total. The number of benzene rings is 10. The van der Waals surface area contributed by atoms with Crippen LogP contribution in [0, 0.1) is 0 Å². The van der Waals surface area contributed by atoms with Gasteiger partial charge in [0.25, 0.3) is 0 Å². The van der Waals surface area contributed by atoms with E-state index in [1.165, 1.54) is 64.1 Å². The van der Waals surface area contributed by atoms with Crippen molar-refractivity contribution < 1.29 is 0 Å². The van der Waals surface area contributed by atoms with Gasteiger partial charge < -0.3 is 4.90 Å². The van der Waals surface area contributed by atoms with Gasteiger partial charge >= 0.3 is 0 Å². The van der Waals surface area contributed by atoms with Gasteiger partial charge in [0, 0.05) is 36.6 Å². The third-order valence-electron chi connectivity index (χ3n) is 12.7. The van der Waals surface area contributed by atoms with Crippen LogP contribution in [-0.2, 0) is 5.41 Å². The van der Waals surface area contributed by atoms with Crippen LogP contribution >= 0.6 is 10.0 Å². The molecular weight excluding hydrogens is 779 g/mol. The number of hydrogen-bond acceptors (Lipinski definition) is 1. The summed E-state index contributed by atoms with van der Waals surface area (Å²) in [5.74, 6) is 0. The number of para-hydroxylation sites is 1. The Hall–Kier alpha value is -7.65. The summed E-state index contributed by atoms with van der Waals surface area (Å²) in [6.07, 6.45) is 0. The van der Waals surface area contributed by atoms with Crippen molar-refractivity contribution in [1.82, 2.24) is 0 Å². The summed E-state index contributed by atoms with van der Waals surface area (Å²) in [7, 11) is -1.76. The number of anilines is 3. The van der Waals surface area contributed by atoms with Crippen LogP contribution < -0.4 is 4.90 Å². The Labute approximate surface area is 372 Å². The van der Waals surface area contributed by atoms with Crippen molar-refractivity contribution in [3.8, 4) is 22.3 Å². The van der Waals surface area contributed by atoms with E-state index in [0.717, 1.165) is 17.1 Å². The first-order valence-electron chi connectivity index (χ1n) is 21.7.